The van der Waals surface area contributed by atoms with Gasteiger partial charge in [-0.25, -0.2) is 0 Å². The highest BCUT2D eigenvalue weighted by Crippen LogP contribution is 2.27. The molecule has 1 saturated carbocycles. The lowest BCUT2D eigenvalue weighted by Crippen LogP contribution is -2.31. The third-order valence-electron chi connectivity index (χ3n) is 2.93. The lowest BCUT2D eigenvalue weighted by atomic mass is 9.89. The molecule has 0 heterocycles. The number of alkyl halides is 1. The van der Waals surface area contributed by atoms with Gasteiger partial charge in [-0.1, -0.05) is 26.2 Å². The van der Waals surface area contributed by atoms with E-state index in [1.165, 1.54) is 38.5 Å². The van der Waals surface area contributed by atoms with Gasteiger partial charge in [0.2, 0.25) is 0 Å². The van der Waals surface area contributed by atoms with E-state index in [-0.39, 0.29) is 0 Å². The number of rotatable bonds is 5. The number of halogens is 1. The smallest absolute Gasteiger partial charge is 0.0376 e. The molecule has 1 aliphatic rings. The normalized spacial score (nSPS) is 29.1. The van der Waals surface area contributed by atoms with Gasteiger partial charge in [-0.2, -0.15) is 0 Å². The molecule has 0 spiro atoms. The number of hydrogen-bond acceptors (Lipinski definition) is 1. The van der Waals surface area contributed by atoms with Crippen LogP contribution in [0.1, 0.15) is 45.4 Å². The molecule has 0 aromatic rings. The van der Waals surface area contributed by atoms with Crippen molar-refractivity contribution < 1.29 is 0 Å². The summed E-state index contributed by atoms with van der Waals surface area (Å²) >= 11 is 6.26. The van der Waals surface area contributed by atoms with E-state index in [1.54, 1.807) is 0 Å². The molecule has 1 aliphatic carbocycles. The molecule has 2 unspecified atom stereocenters. The molecule has 0 saturated heterocycles. The molecule has 0 aliphatic heterocycles. The largest absolute Gasteiger partial charge is 0.316 e. The van der Waals surface area contributed by atoms with Crippen LogP contribution < -0.4 is 5.32 Å². The van der Waals surface area contributed by atoms with E-state index < -0.39 is 0 Å². The van der Waals surface area contributed by atoms with Crippen molar-refractivity contribution >= 4 is 11.6 Å². The molecule has 1 rings (SSSR count). The van der Waals surface area contributed by atoms with E-state index in [0.29, 0.717) is 5.38 Å². The Morgan fingerprint density at radius 1 is 1.31 bits per heavy atom. The van der Waals surface area contributed by atoms with Crippen LogP contribution in [0.5, 0.6) is 0 Å². The summed E-state index contributed by atoms with van der Waals surface area (Å²) in [7, 11) is 0. The first kappa shape index (κ1) is 11.3. The molecule has 1 N–H and O–H groups in total. The summed E-state index contributed by atoms with van der Waals surface area (Å²) in [6.07, 6.45) is 7.83. The average molecular weight is 204 g/mol. The molecular formula is C11H22ClN. The molecule has 0 amide bonds. The average Bonchev–Trinajstić information content (AvgIpc) is 2.15. The van der Waals surface area contributed by atoms with E-state index in [0.717, 1.165) is 19.0 Å². The van der Waals surface area contributed by atoms with E-state index in [1.807, 2.05) is 0 Å². The summed E-state index contributed by atoms with van der Waals surface area (Å²) < 4.78 is 0. The van der Waals surface area contributed by atoms with Crippen LogP contribution >= 0.6 is 11.6 Å². The molecule has 1 nitrogen and oxygen atoms in total. The van der Waals surface area contributed by atoms with Gasteiger partial charge in [-0.05, 0) is 38.3 Å². The van der Waals surface area contributed by atoms with Crippen molar-refractivity contribution in [3.63, 3.8) is 0 Å². The van der Waals surface area contributed by atoms with Gasteiger partial charge < -0.3 is 5.32 Å². The molecule has 2 atom stereocenters. The number of nitrogens with one attached hydrogen (secondary N) is 1. The van der Waals surface area contributed by atoms with Crippen molar-refractivity contribution in [1.29, 1.82) is 0 Å². The second-order valence-electron chi connectivity index (χ2n) is 4.12. The maximum atomic E-state index is 6.26. The standard InChI is InChI=1S/C11H22ClN/c1-2-3-8-13-9-10-6-4-5-7-11(10)12/h10-11,13H,2-9H2,1H3. The Morgan fingerprint density at radius 2 is 2.08 bits per heavy atom. The number of hydrogen-bond donors (Lipinski definition) is 1. The molecule has 0 radical (unpaired) electrons. The minimum Gasteiger partial charge on any atom is -0.316 e. The van der Waals surface area contributed by atoms with Gasteiger partial charge in [0.15, 0.2) is 0 Å². The van der Waals surface area contributed by atoms with Crippen LogP contribution in [0.4, 0.5) is 0 Å². The highest BCUT2D eigenvalue weighted by atomic mass is 35.5. The van der Waals surface area contributed by atoms with Crippen LogP contribution in [0.25, 0.3) is 0 Å². The van der Waals surface area contributed by atoms with E-state index in [4.69, 9.17) is 11.6 Å². The lowest BCUT2D eigenvalue weighted by molar-refractivity contribution is 0.348. The molecule has 0 aromatic carbocycles. The van der Waals surface area contributed by atoms with Gasteiger partial charge in [0.05, 0.1) is 0 Å². The molecule has 2 heteroatoms. The molecule has 1 fully saturated rings. The molecule has 78 valence electrons. The third kappa shape index (κ3) is 4.33. The van der Waals surface area contributed by atoms with Crippen molar-refractivity contribution in [3.05, 3.63) is 0 Å². The second-order valence-corrected chi connectivity index (χ2v) is 4.68. The van der Waals surface area contributed by atoms with Crippen molar-refractivity contribution in [3.8, 4) is 0 Å². The highest BCUT2D eigenvalue weighted by Gasteiger charge is 2.22. The predicted molar refractivity (Wildman–Crippen MR) is 59.4 cm³/mol. The Morgan fingerprint density at radius 3 is 2.77 bits per heavy atom. The zero-order valence-corrected chi connectivity index (χ0v) is 9.45. The summed E-state index contributed by atoms with van der Waals surface area (Å²) in [5.74, 6) is 0.729. The minimum atomic E-state index is 0.433. The van der Waals surface area contributed by atoms with Gasteiger partial charge in [0.1, 0.15) is 0 Å². The van der Waals surface area contributed by atoms with Crippen molar-refractivity contribution in [2.75, 3.05) is 13.1 Å². The van der Waals surface area contributed by atoms with Crippen LogP contribution in [0.2, 0.25) is 0 Å². The Bertz CT molecular complexity index is 127. The summed E-state index contributed by atoms with van der Waals surface area (Å²) in [5, 5.41) is 3.94. The predicted octanol–water partition coefficient (Wildman–Crippen LogP) is 3.17. The summed E-state index contributed by atoms with van der Waals surface area (Å²) in [4.78, 5) is 0. The van der Waals surface area contributed by atoms with Crippen LogP contribution in [-0.4, -0.2) is 18.5 Å². The SMILES string of the molecule is CCCCNCC1CCCCC1Cl. The van der Waals surface area contributed by atoms with Gasteiger partial charge >= 0.3 is 0 Å². The van der Waals surface area contributed by atoms with Crippen molar-refractivity contribution in [2.24, 2.45) is 5.92 Å². The Hall–Kier alpha value is 0.250. The van der Waals surface area contributed by atoms with Crippen LogP contribution in [0, 0.1) is 5.92 Å². The maximum absolute atomic E-state index is 6.26. The molecule has 13 heavy (non-hydrogen) atoms. The fraction of sp³-hybridized carbons (Fsp3) is 1.00. The van der Waals surface area contributed by atoms with E-state index in [9.17, 15) is 0 Å². The Labute approximate surface area is 87.2 Å². The monoisotopic (exact) mass is 203 g/mol. The van der Waals surface area contributed by atoms with E-state index in [2.05, 4.69) is 12.2 Å². The van der Waals surface area contributed by atoms with Crippen molar-refractivity contribution in [1.82, 2.24) is 5.32 Å². The van der Waals surface area contributed by atoms with Crippen molar-refractivity contribution in [2.45, 2.75) is 50.8 Å². The first-order valence-corrected chi connectivity index (χ1v) is 6.13. The van der Waals surface area contributed by atoms with Gasteiger partial charge in [-0.3, -0.25) is 0 Å². The highest BCUT2D eigenvalue weighted by molar-refractivity contribution is 6.20. The first-order valence-electron chi connectivity index (χ1n) is 5.69. The van der Waals surface area contributed by atoms with Crippen LogP contribution in [0.3, 0.4) is 0 Å². The van der Waals surface area contributed by atoms with Crippen LogP contribution in [0.15, 0.2) is 0 Å². The zero-order valence-electron chi connectivity index (χ0n) is 8.69. The van der Waals surface area contributed by atoms with Gasteiger partial charge in [0.25, 0.3) is 0 Å². The Balaban J connectivity index is 2.05. The first-order chi connectivity index (χ1) is 6.34. The molecule has 0 aromatic heterocycles. The minimum absolute atomic E-state index is 0.433. The zero-order chi connectivity index (χ0) is 9.52. The number of unbranched alkanes of at least 4 members (excludes halogenated alkanes) is 1. The van der Waals surface area contributed by atoms with Gasteiger partial charge in [-0.15, -0.1) is 11.6 Å². The maximum Gasteiger partial charge on any atom is 0.0376 e. The third-order valence-corrected chi connectivity index (χ3v) is 3.50. The van der Waals surface area contributed by atoms with Gasteiger partial charge in [0, 0.05) is 5.38 Å². The summed E-state index contributed by atoms with van der Waals surface area (Å²) in [6.45, 7) is 4.53. The second kappa shape index (κ2) is 6.67. The lowest BCUT2D eigenvalue weighted by Gasteiger charge is -2.27. The summed E-state index contributed by atoms with van der Waals surface area (Å²) in [5.41, 5.74) is 0. The molecular weight excluding hydrogens is 182 g/mol. The van der Waals surface area contributed by atoms with Crippen LogP contribution in [-0.2, 0) is 0 Å². The fourth-order valence-electron chi connectivity index (χ4n) is 1.98. The fourth-order valence-corrected chi connectivity index (χ4v) is 2.35. The Kier molecular flexibility index (Phi) is 5.81. The quantitative estimate of drug-likeness (QED) is 0.535. The molecule has 0 bridgehead atoms. The topological polar surface area (TPSA) is 12.0 Å². The summed E-state index contributed by atoms with van der Waals surface area (Å²) in [6, 6.07) is 0. The van der Waals surface area contributed by atoms with E-state index >= 15 is 0 Å².